The Kier molecular flexibility index (Phi) is 11.8. The van der Waals surface area contributed by atoms with Crippen molar-refractivity contribution in [1.29, 1.82) is 0 Å². The third-order valence-corrected chi connectivity index (χ3v) is 6.78. The topological polar surface area (TPSA) is 99.5 Å². The summed E-state index contributed by atoms with van der Waals surface area (Å²) in [6, 6.07) is 12.4. The van der Waals surface area contributed by atoms with E-state index in [0.717, 1.165) is 32.7 Å². The minimum atomic E-state index is -1.04. The summed E-state index contributed by atoms with van der Waals surface area (Å²) in [4.78, 5) is 29.9. The number of thiazole rings is 1. The molecule has 35 heavy (non-hydrogen) atoms. The summed E-state index contributed by atoms with van der Waals surface area (Å²) in [6.07, 6.45) is 6.44. The van der Waals surface area contributed by atoms with Gasteiger partial charge < -0.3 is 15.5 Å². The molecule has 0 saturated heterocycles. The fraction of sp³-hybridized carbons (Fsp3) is 0.269. The van der Waals surface area contributed by atoms with Crippen LogP contribution in [0, 0.1) is 6.92 Å². The summed E-state index contributed by atoms with van der Waals surface area (Å²) in [5, 5.41) is 22.1. The van der Waals surface area contributed by atoms with Crippen molar-refractivity contribution in [2.75, 3.05) is 18.6 Å². The van der Waals surface area contributed by atoms with Gasteiger partial charge in [0.1, 0.15) is 6.04 Å². The molecule has 3 aromatic rings. The third kappa shape index (κ3) is 8.09. The van der Waals surface area contributed by atoms with Gasteiger partial charge in [-0.3, -0.25) is 9.78 Å². The van der Waals surface area contributed by atoms with Gasteiger partial charge in [-0.1, -0.05) is 36.4 Å². The van der Waals surface area contributed by atoms with E-state index in [1.54, 1.807) is 17.8 Å². The molecule has 0 spiro atoms. The van der Waals surface area contributed by atoms with Crippen LogP contribution < -0.4 is 5.32 Å². The molecule has 1 unspecified atom stereocenters. The van der Waals surface area contributed by atoms with Gasteiger partial charge in [0.05, 0.1) is 12.1 Å². The van der Waals surface area contributed by atoms with E-state index in [1.807, 2.05) is 55.7 Å². The van der Waals surface area contributed by atoms with E-state index >= 15 is 0 Å². The molecule has 3 N–H and O–H groups in total. The SMILES string of the molecule is CSCCC(NC(=O)c1ccc(C/C(=C\c2cncs2)CO)cc1-c1ccccc1C)C(=O)O.[LiH]. The van der Waals surface area contributed by atoms with Crippen LogP contribution in [0.5, 0.6) is 0 Å². The van der Waals surface area contributed by atoms with Gasteiger partial charge in [-0.2, -0.15) is 11.8 Å². The molecule has 9 heteroatoms. The van der Waals surface area contributed by atoms with Crippen molar-refractivity contribution in [2.24, 2.45) is 0 Å². The maximum atomic E-state index is 13.2. The second kappa shape index (κ2) is 14.3. The Morgan fingerprint density at radius 2 is 1.97 bits per heavy atom. The third-order valence-electron chi connectivity index (χ3n) is 5.41. The van der Waals surface area contributed by atoms with Crippen LogP contribution in [0.15, 0.2) is 59.7 Å². The molecule has 1 aromatic heterocycles. The molecule has 0 aliphatic rings. The number of benzene rings is 2. The van der Waals surface area contributed by atoms with Gasteiger partial charge in [-0.05, 0) is 71.7 Å². The number of aromatic nitrogens is 1. The van der Waals surface area contributed by atoms with Crippen molar-refractivity contribution in [3.8, 4) is 11.1 Å². The predicted octanol–water partition coefficient (Wildman–Crippen LogP) is 4.02. The first-order valence-electron chi connectivity index (χ1n) is 10.8. The zero-order valence-electron chi connectivity index (χ0n) is 19.2. The average molecular weight is 505 g/mol. The van der Waals surface area contributed by atoms with Crippen molar-refractivity contribution in [3.05, 3.63) is 81.3 Å². The maximum absolute atomic E-state index is 13.2. The van der Waals surface area contributed by atoms with Crippen LogP contribution in [-0.4, -0.2) is 70.6 Å². The van der Waals surface area contributed by atoms with Crippen LogP contribution in [0.25, 0.3) is 17.2 Å². The van der Waals surface area contributed by atoms with E-state index in [-0.39, 0.29) is 25.5 Å². The molecule has 1 amide bonds. The number of thioether (sulfide) groups is 1. The molecular formula is C26H29LiN2O4S2. The summed E-state index contributed by atoms with van der Waals surface area (Å²) in [5.41, 5.74) is 6.59. The number of rotatable bonds is 11. The Hall–Kier alpha value is -2.34. The summed E-state index contributed by atoms with van der Waals surface area (Å²) >= 11 is 3.04. The van der Waals surface area contributed by atoms with Gasteiger partial charge in [-0.25, -0.2) is 4.79 Å². The van der Waals surface area contributed by atoms with Crippen molar-refractivity contribution < 1.29 is 19.8 Å². The standard InChI is InChI=1S/C26H28N2O4S2.Li.H/c1-17-5-3-4-6-21(17)23-13-18(11-19(15-29)12-20-14-27-16-34-20)7-8-22(23)25(30)28-24(26(31)32)9-10-33-2;;/h3-8,12-14,16,24,29H,9-11,15H2,1-2H3,(H,28,30)(H,31,32);;/b19-12+;;. The Bertz CT molecular complexity index is 1170. The van der Waals surface area contributed by atoms with Crippen LogP contribution in [0.2, 0.25) is 0 Å². The fourth-order valence-electron chi connectivity index (χ4n) is 3.64. The molecule has 180 valence electrons. The first kappa shape index (κ1) is 28.9. The summed E-state index contributed by atoms with van der Waals surface area (Å²) in [7, 11) is 0. The van der Waals surface area contributed by atoms with E-state index in [9.17, 15) is 19.8 Å². The molecule has 0 fully saturated rings. The summed E-state index contributed by atoms with van der Waals surface area (Å²) < 4.78 is 0. The average Bonchev–Trinajstić information content (AvgIpc) is 3.34. The van der Waals surface area contributed by atoms with Gasteiger partial charge in [0.2, 0.25) is 0 Å². The molecule has 0 radical (unpaired) electrons. The molecule has 1 heterocycles. The number of aliphatic carboxylic acids is 1. The first-order chi connectivity index (χ1) is 16.4. The second-order valence-corrected chi connectivity index (χ2v) is 9.79. The van der Waals surface area contributed by atoms with Crippen LogP contribution in [-0.2, 0) is 11.2 Å². The van der Waals surface area contributed by atoms with E-state index in [2.05, 4.69) is 10.3 Å². The van der Waals surface area contributed by atoms with Crippen LogP contribution >= 0.6 is 23.1 Å². The number of carbonyl (C=O) groups excluding carboxylic acids is 1. The number of aliphatic hydroxyl groups is 1. The molecule has 3 rings (SSSR count). The number of carbonyl (C=O) groups is 2. The fourth-order valence-corrected chi connectivity index (χ4v) is 4.71. The van der Waals surface area contributed by atoms with Crippen molar-refractivity contribution in [2.45, 2.75) is 25.8 Å². The molecule has 0 saturated carbocycles. The monoisotopic (exact) mass is 504 g/mol. The van der Waals surface area contributed by atoms with Gasteiger partial charge in [-0.15, -0.1) is 11.3 Å². The van der Waals surface area contributed by atoms with Gasteiger partial charge >= 0.3 is 24.8 Å². The molecule has 1 atom stereocenters. The van der Waals surface area contributed by atoms with Crippen LogP contribution in [0.1, 0.15) is 32.8 Å². The van der Waals surface area contributed by atoms with Crippen molar-refractivity contribution >= 4 is 59.9 Å². The predicted molar refractivity (Wildman–Crippen MR) is 147 cm³/mol. The van der Waals surface area contributed by atoms with E-state index in [1.165, 1.54) is 23.1 Å². The number of carboxylic acids is 1. The second-order valence-electron chi connectivity index (χ2n) is 7.88. The Labute approximate surface area is 226 Å². The number of carboxylic acid groups (broad SMARTS) is 1. The number of hydrogen-bond acceptors (Lipinski definition) is 6. The number of amides is 1. The molecular weight excluding hydrogens is 475 g/mol. The zero-order chi connectivity index (χ0) is 24.5. The van der Waals surface area contributed by atoms with Gasteiger partial charge in [0.15, 0.2) is 0 Å². The number of hydrogen-bond donors (Lipinski definition) is 3. The Morgan fingerprint density at radius 1 is 1.20 bits per heavy atom. The molecule has 0 aliphatic heterocycles. The van der Waals surface area contributed by atoms with Crippen LogP contribution in [0.4, 0.5) is 0 Å². The number of aryl methyl sites for hydroxylation is 1. The minimum absolute atomic E-state index is 0. The van der Waals surface area contributed by atoms with Gasteiger partial charge in [0.25, 0.3) is 5.91 Å². The normalized spacial score (nSPS) is 12.0. The molecule has 6 nitrogen and oxygen atoms in total. The van der Waals surface area contributed by atoms with E-state index in [0.29, 0.717) is 24.2 Å². The van der Waals surface area contributed by atoms with E-state index < -0.39 is 17.9 Å². The number of nitrogens with zero attached hydrogens (tertiary/aromatic N) is 1. The zero-order valence-corrected chi connectivity index (χ0v) is 20.8. The van der Waals surface area contributed by atoms with Crippen LogP contribution in [0.3, 0.4) is 0 Å². The Balaban J connectivity index is 0.00000432. The van der Waals surface area contributed by atoms with Crippen molar-refractivity contribution in [1.82, 2.24) is 10.3 Å². The number of nitrogens with one attached hydrogen (secondary N) is 1. The van der Waals surface area contributed by atoms with Gasteiger partial charge in [0, 0.05) is 16.6 Å². The quantitative estimate of drug-likeness (QED) is 0.341. The molecule has 2 aromatic carbocycles. The van der Waals surface area contributed by atoms with Crippen molar-refractivity contribution in [3.63, 3.8) is 0 Å². The summed E-state index contributed by atoms with van der Waals surface area (Å²) in [6.45, 7) is 1.89. The van der Waals surface area contributed by atoms with E-state index in [4.69, 9.17) is 0 Å². The number of aliphatic hydroxyl groups excluding tert-OH is 1. The molecule has 0 bridgehead atoms. The molecule has 0 aliphatic carbocycles. The Morgan fingerprint density at radius 3 is 2.60 bits per heavy atom. The first-order valence-corrected chi connectivity index (χ1v) is 13.1. The summed E-state index contributed by atoms with van der Waals surface area (Å²) in [5.74, 6) is -0.824.